The molecule has 19 heavy (non-hydrogen) atoms. The Labute approximate surface area is 116 Å². The van der Waals surface area contributed by atoms with Gasteiger partial charge in [0.2, 0.25) is 0 Å². The lowest BCUT2D eigenvalue weighted by atomic mass is 9.81. The van der Waals surface area contributed by atoms with Crippen molar-refractivity contribution in [3.05, 3.63) is 0 Å². The van der Waals surface area contributed by atoms with Crippen molar-refractivity contribution in [3.8, 4) is 0 Å². The Morgan fingerprint density at radius 2 is 1.95 bits per heavy atom. The first-order valence-electron chi connectivity index (χ1n) is 7.37. The van der Waals surface area contributed by atoms with Gasteiger partial charge >= 0.3 is 0 Å². The number of hydrogen-bond donors (Lipinski definition) is 3. The zero-order chi connectivity index (χ0) is 14.1. The standard InChI is InChI=1S/C14H30N2O3/c1-13(2)15-10-14(4-3-9-19-12-14)11-16(5-7-17)6-8-18/h13,15,17-18H,3-12H2,1-2H3. The molecular weight excluding hydrogens is 244 g/mol. The van der Waals surface area contributed by atoms with Crippen molar-refractivity contribution < 1.29 is 14.9 Å². The van der Waals surface area contributed by atoms with Crippen LogP contribution in [0.3, 0.4) is 0 Å². The average molecular weight is 274 g/mol. The Morgan fingerprint density at radius 3 is 2.42 bits per heavy atom. The molecule has 0 spiro atoms. The highest BCUT2D eigenvalue weighted by molar-refractivity contribution is 4.87. The van der Waals surface area contributed by atoms with Gasteiger partial charge in [0.15, 0.2) is 0 Å². The van der Waals surface area contributed by atoms with Crippen LogP contribution in [0.1, 0.15) is 26.7 Å². The van der Waals surface area contributed by atoms with Crippen LogP contribution in [-0.2, 0) is 4.74 Å². The van der Waals surface area contributed by atoms with Crippen molar-refractivity contribution in [1.29, 1.82) is 0 Å². The maximum absolute atomic E-state index is 9.12. The van der Waals surface area contributed by atoms with Gasteiger partial charge in [-0.1, -0.05) is 13.8 Å². The Hall–Kier alpha value is -0.200. The molecule has 1 unspecified atom stereocenters. The summed E-state index contributed by atoms with van der Waals surface area (Å²) in [5, 5.41) is 21.8. The lowest BCUT2D eigenvalue weighted by Crippen LogP contribution is -2.51. The predicted molar refractivity (Wildman–Crippen MR) is 76.2 cm³/mol. The van der Waals surface area contributed by atoms with E-state index in [1.54, 1.807) is 0 Å². The molecule has 0 aliphatic carbocycles. The minimum Gasteiger partial charge on any atom is -0.395 e. The highest BCUT2D eigenvalue weighted by Gasteiger charge is 2.34. The molecular formula is C14H30N2O3. The summed E-state index contributed by atoms with van der Waals surface area (Å²) in [5.74, 6) is 0. The van der Waals surface area contributed by atoms with E-state index in [1.807, 2.05) is 0 Å². The van der Waals surface area contributed by atoms with E-state index in [4.69, 9.17) is 14.9 Å². The number of ether oxygens (including phenoxy) is 1. The molecule has 5 nitrogen and oxygen atoms in total. The SMILES string of the molecule is CC(C)NCC1(CN(CCO)CCO)CCCOC1. The van der Waals surface area contributed by atoms with E-state index < -0.39 is 0 Å². The molecule has 1 atom stereocenters. The van der Waals surface area contributed by atoms with Crippen molar-refractivity contribution in [2.24, 2.45) is 5.41 Å². The van der Waals surface area contributed by atoms with Crippen molar-refractivity contribution in [3.63, 3.8) is 0 Å². The molecule has 1 rings (SSSR count). The number of nitrogens with zero attached hydrogens (tertiary/aromatic N) is 1. The molecule has 5 heteroatoms. The first-order valence-corrected chi connectivity index (χ1v) is 7.37. The molecule has 1 heterocycles. The maximum atomic E-state index is 9.12. The highest BCUT2D eigenvalue weighted by atomic mass is 16.5. The van der Waals surface area contributed by atoms with E-state index in [-0.39, 0.29) is 18.6 Å². The molecule has 1 saturated heterocycles. The van der Waals surface area contributed by atoms with Crippen molar-refractivity contribution in [1.82, 2.24) is 10.2 Å². The number of nitrogens with one attached hydrogen (secondary N) is 1. The Bertz CT molecular complexity index is 225. The van der Waals surface area contributed by atoms with E-state index >= 15 is 0 Å². The second kappa shape index (κ2) is 8.87. The Morgan fingerprint density at radius 1 is 1.26 bits per heavy atom. The second-order valence-corrected chi connectivity index (χ2v) is 5.92. The fourth-order valence-electron chi connectivity index (χ4n) is 2.68. The lowest BCUT2D eigenvalue weighted by molar-refractivity contribution is -0.0306. The van der Waals surface area contributed by atoms with Crippen LogP contribution in [-0.4, -0.2) is 73.8 Å². The molecule has 0 aromatic heterocycles. The van der Waals surface area contributed by atoms with Gasteiger partial charge in [0, 0.05) is 44.2 Å². The summed E-state index contributed by atoms with van der Waals surface area (Å²) in [6.45, 7) is 9.21. The monoisotopic (exact) mass is 274 g/mol. The summed E-state index contributed by atoms with van der Waals surface area (Å²) in [5.41, 5.74) is 0.104. The van der Waals surface area contributed by atoms with Crippen molar-refractivity contribution >= 4 is 0 Å². The fourth-order valence-corrected chi connectivity index (χ4v) is 2.68. The predicted octanol–water partition coefficient (Wildman–Crippen LogP) is 0.0678. The van der Waals surface area contributed by atoms with E-state index in [0.717, 1.165) is 39.1 Å². The van der Waals surface area contributed by atoms with Crippen LogP contribution in [0.2, 0.25) is 0 Å². The summed E-state index contributed by atoms with van der Waals surface area (Å²) in [7, 11) is 0. The number of rotatable bonds is 9. The van der Waals surface area contributed by atoms with Gasteiger partial charge in [0.05, 0.1) is 19.8 Å². The van der Waals surface area contributed by atoms with E-state index in [0.29, 0.717) is 19.1 Å². The summed E-state index contributed by atoms with van der Waals surface area (Å²) in [6, 6.07) is 0.461. The number of aliphatic hydroxyl groups is 2. The van der Waals surface area contributed by atoms with Gasteiger partial charge in [-0.05, 0) is 12.8 Å². The highest BCUT2D eigenvalue weighted by Crippen LogP contribution is 2.29. The molecule has 3 N–H and O–H groups in total. The Kier molecular flexibility index (Phi) is 7.87. The number of aliphatic hydroxyl groups excluding tert-OH is 2. The van der Waals surface area contributed by atoms with Crippen LogP contribution in [0.5, 0.6) is 0 Å². The summed E-state index contributed by atoms with van der Waals surface area (Å²) >= 11 is 0. The third-order valence-corrected chi connectivity index (χ3v) is 3.68. The van der Waals surface area contributed by atoms with E-state index in [1.165, 1.54) is 0 Å². The van der Waals surface area contributed by atoms with Gasteiger partial charge in [0.1, 0.15) is 0 Å². The average Bonchev–Trinajstić information content (AvgIpc) is 2.38. The normalized spacial score (nSPS) is 24.3. The quantitative estimate of drug-likeness (QED) is 0.555. The van der Waals surface area contributed by atoms with Gasteiger partial charge in [-0.15, -0.1) is 0 Å². The molecule has 1 aliphatic heterocycles. The van der Waals surface area contributed by atoms with E-state index in [9.17, 15) is 0 Å². The van der Waals surface area contributed by atoms with Crippen LogP contribution in [0.25, 0.3) is 0 Å². The summed E-state index contributed by atoms with van der Waals surface area (Å²) in [4.78, 5) is 2.14. The van der Waals surface area contributed by atoms with Gasteiger partial charge in [-0.25, -0.2) is 0 Å². The van der Waals surface area contributed by atoms with Crippen LogP contribution in [0.4, 0.5) is 0 Å². The molecule has 0 amide bonds. The minimum atomic E-state index is 0.104. The molecule has 114 valence electrons. The number of hydrogen-bond acceptors (Lipinski definition) is 5. The largest absolute Gasteiger partial charge is 0.395 e. The summed E-state index contributed by atoms with van der Waals surface area (Å²) in [6.07, 6.45) is 2.23. The van der Waals surface area contributed by atoms with Gasteiger partial charge in [-0.2, -0.15) is 0 Å². The molecule has 1 fully saturated rings. The zero-order valence-corrected chi connectivity index (χ0v) is 12.4. The summed E-state index contributed by atoms with van der Waals surface area (Å²) < 4.78 is 5.68. The van der Waals surface area contributed by atoms with E-state index in [2.05, 4.69) is 24.1 Å². The third-order valence-electron chi connectivity index (χ3n) is 3.68. The second-order valence-electron chi connectivity index (χ2n) is 5.92. The molecule has 1 aliphatic rings. The fraction of sp³-hybridized carbons (Fsp3) is 1.00. The smallest absolute Gasteiger partial charge is 0.0558 e. The lowest BCUT2D eigenvalue weighted by Gasteiger charge is -2.41. The van der Waals surface area contributed by atoms with Gasteiger partial charge < -0.3 is 20.3 Å². The molecule has 0 saturated carbocycles. The van der Waals surface area contributed by atoms with Crippen molar-refractivity contribution in [2.75, 3.05) is 52.6 Å². The molecule has 0 radical (unpaired) electrons. The molecule has 0 aromatic carbocycles. The molecule has 0 aromatic rings. The minimum absolute atomic E-state index is 0.104. The first-order chi connectivity index (χ1) is 9.12. The third kappa shape index (κ3) is 6.19. The first kappa shape index (κ1) is 16.9. The topological polar surface area (TPSA) is 65.0 Å². The van der Waals surface area contributed by atoms with Crippen LogP contribution < -0.4 is 5.32 Å². The maximum Gasteiger partial charge on any atom is 0.0558 e. The molecule has 0 bridgehead atoms. The van der Waals surface area contributed by atoms with Crippen LogP contribution in [0, 0.1) is 5.41 Å². The van der Waals surface area contributed by atoms with Crippen molar-refractivity contribution in [2.45, 2.75) is 32.7 Å². The van der Waals surface area contributed by atoms with Crippen LogP contribution in [0.15, 0.2) is 0 Å². The van der Waals surface area contributed by atoms with Gasteiger partial charge in [-0.3, -0.25) is 4.90 Å². The van der Waals surface area contributed by atoms with Crippen LogP contribution >= 0.6 is 0 Å². The Balaban J connectivity index is 2.60. The zero-order valence-electron chi connectivity index (χ0n) is 12.4. The van der Waals surface area contributed by atoms with Gasteiger partial charge in [0.25, 0.3) is 0 Å².